The number of nitrogens with one attached hydrogen (secondary N) is 3. The average Bonchev–Trinajstić information content (AvgIpc) is 3.25. The number of likely N-dealkylation sites (tertiary alicyclic amines) is 1. The zero-order valence-electron chi connectivity index (χ0n) is 22.5. The van der Waals surface area contributed by atoms with E-state index < -0.39 is 53.8 Å². The number of carbonyl (C=O) groups is 2. The van der Waals surface area contributed by atoms with Crippen LogP contribution in [-0.2, 0) is 20.1 Å². The van der Waals surface area contributed by atoms with E-state index in [1.54, 1.807) is 19.2 Å². The van der Waals surface area contributed by atoms with Crippen molar-refractivity contribution in [3.63, 3.8) is 0 Å². The summed E-state index contributed by atoms with van der Waals surface area (Å²) in [7, 11) is -3.63. The van der Waals surface area contributed by atoms with Gasteiger partial charge in [-0.1, -0.05) is 9.96 Å². The lowest BCUT2D eigenvalue weighted by Gasteiger charge is -2.29. The van der Waals surface area contributed by atoms with Crippen LogP contribution < -0.4 is 25.0 Å². The maximum Gasteiger partial charge on any atom is 0.488 e. The van der Waals surface area contributed by atoms with E-state index >= 15 is 0 Å². The second-order valence-corrected chi connectivity index (χ2v) is 11.1. The summed E-state index contributed by atoms with van der Waals surface area (Å²) in [6, 6.07) is 3.34. The van der Waals surface area contributed by atoms with Gasteiger partial charge in [0.05, 0.1) is 24.8 Å². The lowest BCUT2D eigenvalue weighted by Crippen LogP contribution is -2.44. The zero-order valence-corrected chi connectivity index (χ0v) is 23.3. The summed E-state index contributed by atoms with van der Waals surface area (Å²) >= 11 is 0. The molecule has 2 fully saturated rings. The predicted molar refractivity (Wildman–Crippen MR) is 144 cm³/mol. The van der Waals surface area contributed by atoms with Crippen LogP contribution in [0.25, 0.3) is 5.57 Å². The Morgan fingerprint density at radius 3 is 2.71 bits per heavy atom. The predicted octanol–water partition coefficient (Wildman–Crippen LogP) is 0.696. The van der Waals surface area contributed by atoms with Gasteiger partial charge in [-0.15, -0.1) is 0 Å². The topological polar surface area (TPSA) is 147 Å². The molecule has 3 heterocycles. The normalized spacial score (nSPS) is 20.3. The average molecular weight is 600 g/mol. The molecule has 0 spiro atoms. The molecule has 1 aromatic carbocycles. The van der Waals surface area contributed by atoms with Gasteiger partial charge in [-0.2, -0.15) is 13.7 Å². The van der Waals surface area contributed by atoms with Gasteiger partial charge >= 0.3 is 10.5 Å². The maximum absolute atomic E-state index is 13.7. The quantitative estimate of drug-likeness (QED) is 0.329. The minimum Gasteiger partial charge on any atom is -0.378 e. The van der Waals surface area contributed by atoms with Crippen LogP contribution in [0.4, 0.5) is 24.0 Å². The number of piperazine rings is 1. The number of amides is 2. The Morgan fingerprint density at radius 2 is 2.02 bits per heavy atom. The number of benzene rings is 1. The van der Waals surface area contributed by atoms with Crippen molar-refractivity contribution in [3.05, 3.63) is 23.8 Å². The number of halogens is 3. The molecule has 1 unspecified atom stereocenters. The third-order valence-corrected chi connectivity index (χ3v) is 7.53. The first-order valence-corrected chi connectivity index (χ1v) is 14.4. The maximum atomic E-state index is 13.7. The molecule has 0 aliphatic carbocycles. The zero-order chi connectivity index (χ0) is 29.8. The molecule has 12 nitrogen and oxygen atoms in total. The molecule has 0 radical (unpaired) electrons. The number of fused-ring (bicyclic) bond motifs is 1. The Balaban J connectivity index is 1.50. The Hall–Kier alpha value is -3.55. The van der Waals surface area contributed by atoms with Crippen molar-refractivity contribution in [2.75, 3.05) is 76.2 Å². The summed E-state index contributed by atoms with van der Waals surface area (Å²) in [6.45, 7) is 3.61. The molecule has 2 amide bonds. The van der Waals surface area contributed by atoms with Gasteiger partial charge in [-0.25, -0.2) is 8.78 Å². The Kier molecular flexibility index (Phi) is 9.30. The third-order valence-electron chi connectivity index (χ3n) is 7.15. The summed E-state index contributed by atoms with van der Waals surface area (Å²) in [5.74, 6) is -5.13. The molecular formula is C25H32F3N7O5S. The number of nitrogens with zero attached hydrogens (tertiary/aromatic N) is 4. The van der Waals surface area contributed by atoms with Gasteiger partial charge < -0.3 is 34.8 Å². The van der Waals surface area contributed by atoms with Crippen molar-refractivity contribution >= 4 is 39.3 Å². The third kappa shape index (κ3) is 7.80. The van der Waals surface area contributed by atoms with Gasteiger partial charge in [0.1, 0.15) is 6.04 Å². The van der Waals surface area contributed by atoms with Gasteiger partial charge in [0.2, 0.25) is 5.91 Å². The van der Waals surface area contributed by atoms with E-state index in [2.05, 4.69) is 25.0 Å². The smallest absolute Gasteiger partial charge is 0.378 e. The second kappa shape index (κ2) is 12.5. The fourth-order valence-corrected chi connectivity index (χ4v) is 5.46. The number of rotatable bonds is 10. The molecular weight excluding hydrogens is 567 g/mol. The van der Waals surface area contributed by atoms with Crippen LogP contribution in [0.1, 0.15) is 18.4 Å². The molecule has 1 aromatic rings. The van der Waals surface area contributed by atoms with Gasteiger partial charge in [-0.05, 0) is 19.0 Å². The molecule has 0 aromatic heterocycles. The van der Waals surface area contributed by atoms with E-state index in [1.165, 1.54) is 12.1 Å². The molecule has 1 atom stereocenters. The van der Waals surface area contributed by atoms with E-state index in [0.717, 1.165) is 44.0 Å². The highest BCUT2D eigenvalue weighted by Crippen LogP contribution is 2.40. The summed E-state index contributed by atoms with van der Waals surface area (Å²) in [6.07, 6.45) is 1.50. The van der Waals surface area contributed by atoms with Crippen molar-refractivity contribution in [1.82, 2.24) is 20.4 Å². The Bertz CT molecular complexity index is 1350. The first-order chi connectivity index (χ1) is 19.4. The van der Waals surface area contributed by atoms with Gasteiger partial charge in [0.25, 0.3) is 11.8 Å². The number of hydrogen-bond donors (Lipinski definition) is 3. The number of nitriles is 1. The van der Waals surface area contributed by atoms with Crippen LogP contribution in [0, 0.1) is 11.3 Å². The number of anilines is 2. The van der Waals surface area contributed by atoms with E-state index in [4.69, 9.17) is 5.26 Å². The van der Waals surface area contributed by atoms with Crippen LogP contribution in [0.2, 0.25) is 0 Å². The number of alkyl halides is 2. The molecule has 3 aliphatic rings. The second-order valence-electron chi connectivity index (χ2n) is 10.1. The first-order valence-electron chi connectivity index (χ1n) is 13.1. The number of carbonyl (C=O) groups excluding carboxylic acids is 2. The summed E-state index contributed by atoms with van der Waals surface area (Å²) in [5.41, 5.74) is 0.769. The summed E-state index contributed by atoms with van der Waals surface area (Å²) in [5, 5.41) is 17.7. The molecule has 16 heteroatoms. The minimum atomic E-state index is -5.40. The lowest BCUT2D eigenvalue weighted by atomic mass is 9.97. The van der Waals surface area contributed by atoms with Crippen molar-refractivity contribution in [2.45, 2.75) is 24.8 Å². The van der Waals surface area contributed by atoms with E-state index in [9.17, 15) is 30.7 Å². The first kappa shape index (κ1) is 30.4. The van der Waals surface area contributed by atoms with E-state index in [1.807, 2.05) is 4.90 Å². The highest BCUT2D eigenvalue weighted by molar-refractivity contribution is 7.81. The van der Waals surface area contributed by atoms with Crippen LogP contribution in [0.5, 0.6) is 5.75 Å². The summed E-state index contributed by atoms with van der Waals surface area (Å²) < 4.78 is 68.4. The van der Waals surface area contributed by atoms with Crippen molar-refractivity contribution in [3.8, 4) is 11.8 Å². The van der Waals surface area contributed by atoms with Crippen molar-refractivity contribution in [1.29, 1.82) is 5.26 Å². The molecule has 3 N–H and O–H groups in total. The largest absolute Gasteiger partial charge is 0.488 e. The molecule has 0 bridgehead atoms. The van der Waals surface area contributed by atoms with Gasteiger partial charge in [-0.3, -0.25) is 9.59 Å². The standard InChI is InChI=1S/C25H32F3N7O5S/c1-33(7-2-8-34-9-5-30-6-10-34)17-11-20-19(3-4-31-23(20)21(12-17)40-41(28,38)39)24(37)32-15-22(36)35-16-25(26,27)13-18(35)14-29/h3,11-12,18,30-31H,2,4-10,13,15-16H2,1H3,(H,32,37). The molecule has 4 rings (SSSR count). The molecule has 3 aliphatic heterocycles. The SMILES string of the molecule is CN(CCCN1CCNCC1)c1cc(OS(=O)(=O)F)c2c(c1)C(C(=O)NCC(=O)N1CC(F)(F)CC1C#N)=CCN2. The van der Waals surface area contributed by atoms with E-state index in [-0.39, 0.29) is 29.1 Å². The highest BCUT2D eigenvalue weighted by atomic mass is 32.3. The van der Waals surface area contributed by atoms with Crippen molar-refractivity contribution in [2.24, 2.45) is 0 Å². The Morgan fingerprint density at radius 1 is 1.29 bits per heavy atom. The van der Waals surface area contributed by atoms with Crippen LogP contribution >= 0.6 is 0 Å². The molecule has 224 valence electrons. The molecule has 0 saturated carbocycles. The van der Waals surface area contributed by atoms with Crippen LogP contribution in [-0.4, -0.2) is 108 Å². The van der Waals surface area contributed by atoms with E-state index in [0.29, 0.717) is 12.2 Å². The monoisotopic (exact) mass is 599 g/mol. The fraction of sp³-hybridized carbons (Fsp3) is 0.560. The Labute approximate surface area is 236 Å². The lowest BCUT2D eigenvalue weighted by molar-refractivity contribution is -0.133. The molecule has 2 saturated heterocycles. The van der Waals surface area contributed by atoms with Gasteiger partial charge in [0.15, 0.2) is 5.75 Å². The summed E-state index contributed by atoms with van der Waals surface area (Å²) in [4.78, 5) is 30.6. The fourth-order valence-electron chi connectivity index (χ4n) is 5.11. The van der Waals surface area contributed by atoms with Gasteiger partial charge in [0, 0.05) is 75.6 Å². The number of hydrogen-bond acceptors (Lipinski definition) is 10. The van der Waals surface area contributed by atoms with Crippen LogP contribution in [0.3, 0.4) is 0 Å². The highest BCUT2D eigenvalue weighted by Gasteiger charge is 2.47. The minimum absolute atomic E-state index is 0.0484. The van der Waals surface area contributed by atoms with Crippen molar-refractivity contribution < 1.29 is 34.9 Å². The van der Waals surface area contributed by atoms with Crippen LogP contribution in [0.15, 0.2) is 18.2 Å². The molecule has 41 heavy (non-hydrogen) atoms.